The minimum atomic E-state index is -0.163. The first kappa shape index (κ1) is 17.7. The first-order chi connectivity index (χ1) is 12.6. The summed E-state index contributed by atoms with van der Waals surface area (Å²) < 4.78 is 0. The molecule has 0 saturated carbocycles. The molecular formula is C22H23N3O. The molecule has 2 aromatic carbocycles. The van der Waals surface area contributed by atoms with Gasteiger partial charge in [-0.1, -0.05) is 43.3 Å². The molecule has 0 saturated heterocycles. The highest BCUT2D eigenvalue weighted by molar-refractivity contribution is 6.05. The zero-order valence-corrected chi connectivity index (χ0v) is 15.3. The van der Waals surface area contributed by atoms with Gasteiger partial charge in [-0.05, 0) is 49.1 Å². The van der Waals surface area contributed by atoms with Crippen LogP contribution >= 0.6 is 0 Å². The summed E-state index contributed by atoms with van der Waals surface area (Å²) in [6, 6.07) is 15.8. The van der Waals surface area contributed by atoms with E-state index >= 15 is 0 Å². The van der Waals surface area contributed by atoms with E-state index in [9.17, 15) is 4.79 Å². The highest BCUT2D eigenvalue weighted by atomic mass is 16.1. The number of aromatic nitrogens is 1. The summed E-state index contributed by atoms with van der Waals surface area (Å²) in [7, 11) is 0. The Labute approximate surface area is 154 Å². The molecule has 0 aliphatic carbocycles. The predicted molar refractivity (Wildman–Crippen MR) is 107 cm³/mol. The Bertz CT molecular complexity index is 914. The number of benzene rings is 2. The molecule has 1 aromatic heterocycles. The summed E-state index contributed by atoms with van der Waals surface area (Å²) >= 11 is 0. The number of hydrogen-bond donors (Lipinski definition) is 2. The van der Waals surface area contributed by atoms with Gasteiger partial charge in [0, 0.05) is 17.6 Å². The zero-order valence-electron chi connectivity index (χ0n) is 15.3. The van der Waals surface area contributed by atoms with Gasteiger partial charge < -0.3 is 10.6 Å². The van der Waals surface area contributed by atoms with Crippen molar-refractivity contribution in [2.45, 2.75) is 27.2 Å². The molecule has 26 heavy (non-hydrogen) atoms. The number of nitrogens with zero attached hydrogens (tertiary/aromatic N) is 1. The first-order valence-electron chi connectivity index (χ1n) is 8.76. The smallest absolute Gasteiger partial charge is 0.257 e. The van der Waals surface area contributed by atoms with Gasteiger partial charge in [-0.15, -0.1) is 0 Å². The number of hydrogen-bond acceptors (Lipinski definition) is 3. The fourth-order valence-corrected chi connectivity index (χ4v) is 2.93. The molecule has 3 rings (SSSR count). The van der Waals surface area contributed by atoms with Gasteiger partial charge in [0.05, 0.1) is 17.4 Å². The average Bonchev–Trinajstić information content (AvgIpc) is 2.65. The van der Waals surface area contributed by atoms with Crippen molar-refractivity contribution in [3.63, 3.8) is 0 Å². The van der Waals surface area contributed by atoms with Crippen molar-refractivity contribution in [2.75, 3.05) is 10.6 Å². The summed E-state index contributed by atoms with van der Waals surface area (Å²) in [5.74, 6) is -0.163. The molecule has 0 aliphatic rings. The van der Waals surface area contributed by atoms with Crippen LogP contribution in [-0.4, -0.2) is 10.9 Å². The van der Waals surface area contributed by atoms with Gasteiger partial charge in [-0.25, -0.2) is 0 Å². The fourth-order valence-electron chi connectivity index (χ4n) is 2.93. The third-order valence-electron chi connectivity index (χ3n) is 4.40. The predicted octanol–water partition coefficient (Wildman–Crippen LogP) is 5.26. The van der Waals surface area contributed by atoms with Crippen molar-refractivity contribution in [3.05, 3.63) is 83.2 Å². The minimum Gasteiger partial charge on any atom is -0.354 e. The number of nitrogens with one attached hydrogen (secondary N) is 2. The lowest BCUT2D eigenvalue weighted by Crippen LogP contribution is -2.13. The van der Waals surface area contributed by atoms with Crippen LogP contribution in [0.2, 0.25) is 0 Å². The third kappa shape index (κ3) is 3.91. The quantitative estimate of drug-likeness (QED) is 0.663. The van der Waals surface area contributed by atoms with Gasteiger partial charge in [-0.2, -0.15) is 0 Å². The Morgan fingerprint density at radius 2 is 1.73 bits per heavy atom. The molecule has 1 heterocycles. The Hall–Kier alpha value is -3.14. The topological polar surface area (TPSA) is 54.0 Å². The van der Waals surface area contributed by atoms with Gasteiger partial charge >= 0.3 is 0 Å². The second-order valence-electron chi connectivity index (χ2n) is 6.32. The molecule has 3 aromatic rings. The number of carbonyl (C=O) groups is 1. The molecule has 0 bridgehead atoms. The van der Waals surface area contributed by atoms with Crippen LogP contribution in [0.15, 0.2) is 60.9 Å². The van der Waals surface area contributed by atoms with E-state index < -0.39 is 0 Å². The van der Waals surface area contributed by atoms with Crippen LogP contribution in [0.5, 0.6) is 0 Å². The molecule has 0 unspecified atom stereocenters. The van der Waals surface area contributed by atoms with Crippen molar-refractivity contribution in [3.8, 4) is 0 Å². The molecule has 132 valence electrons. The first-order valence-corrected chi connectivity index (χ1v) is 8.76. The van der Waals surface area contributed by atoms with Gasteiger partial charge in [0.1, 0.15) is 0 Å². The normalized spacial score (nSPS) is 10.4. The molecule has 0 spiro atoms. The highest BCUT2D eigenvalue weighted by Crippen LogP contribution is 2.24. The molecule has 0 fully saturated rings. The molecule has 0 aliphatic heterocycles. The summed E-state index contributed by atoms with van der Waals surface area (Å²) in [5, 5.41) is 6.36. The molecule has 0 radical (unpaired) electrons. The van der Waals surface area contributed by atoms with Crippen LogP contribution in [0.4, 0.5) is 17.1 Å². The maximum absolute atomic E-state index is 12.6. The summed E-state index contributed by atoms with van der Waals surface area (Å²) in [6.07, 6.45) is 4.17. The molecular weight excluding hydrogens is 322 g/mol. The van der Waals surface area contributed by atoms with E-state index in [0.29, 0.717) is 5.56 Å². The van der Waals surface area contributed by atoms with Crippen LogP contribution in [0.1, 0.15) is 34.0 Å². The van der Waals surface area contributed by atoms with Crippen molar-refractivity contribution in [1.82, 2.24) is 4.98 Å². The van der Waals surface area contributed by atoms with Crippen LogP contribution in [-0.2, 0) is 6.42 Å². The minimum absolute atomic E-state index is 0.163. The number of rotatable bonds is 5. The van der Waals surface area contributed by atoms with E-state index in [4.69, 9.17) is 0 Å². The number of carbonyl (C=O) groups excluding carboxylic acids is 1. The van der Waals surface area contributed by atoms with Gasteiger partial charge in [0.2, 0.25) is 0 Å². The van der Waals surface area contributed by atoms with Crippen LogP contribution in [0.3, 0.4) is 0 Å². The lowest BCUT2D eigenvalue weighted by molar-refractivity contribution is 0.102. The SMILES string of the molecule is CCc1ccccc1NC(=O)c1cncc(Nc2c(C)cccc2C)c1. The molecule has 4 heteroatoms. The second-order valence-corrected chi connectivity index (χ2v) is 6.32. The van der Waals surface area contributed by atoms with E-state index in [1.54, 1.807) is 12.4 Å². The Balaban J connectivity index is 1.82. The maximum atomic E-state index is 12.6. The average molecular weight is 345 g/mol. The van der Waals surface area contributed by atoms with Crippen LogP contribution in [0.25, 0.3) is 0 Å². The fraction of sp³-hybridized carbons (Fsp3) is 0.182. The number of para-hydroxylation sites is 2. The largest absolute Gasteiger partial charge is 0.354 e. The Morgan fingerprint density at radius 3 is 2.46 bits per heavy atom. The third-order valence-corrected chi connectivity index (χ3v) is 4.40. The van der Waals surface area contributed by atoms with Gasteiger partial charge in [-0.3, -0.25) is 9.78 Å². The maximum Gasteiger partial charge on any atom is 0.257 e. The van der Waals surface area contributed by atoms with Crippen molar-refractivity contribution < 1.29 is 4.79 Å². The summed E-state index contributed by atoms with van der Waals surface area (Å²) in [5.41, 5.74) is 6.61. The lowest BCUT2D eigenvalue weighted by atomic mass is 10.1. The summed E-state index contributed by atoms with van der Waals surface area (Å²) in [6.45, 7) is 6.18. The van der Waals surface area contributed by atoms with Crippen molar-refractivity contribution >= 4 is 23.0 Å². The standard InChI is InChI=1S/C22H23N3O/c1-4-17-10-5-6-11-20(17)25-22(26)18-12-19(14-23-13-18)24-21-15(2)8-7-9-16(21)3/h5-14,24H,4H2,1-3H3,(H,25,26). The number of anilines is 3. The molecule has 2 N–H and O–H groups in total. The second kappa shape index (κ2) is 7.83. The monoisotopic (exact) mass is 345 g/mol. The molecule has 4 nitrogen and oxygen atoms in total. The van der Waals surface area contributed by atoms with Gasteiger partial charge in [0.15, 0.2) is 0 Å². The number of amides is 1. The van der Waals surface area contributed by atoms with E-state index in [1.165, 1.54) is 0 Å². The number of pyridine rings is 1. The lowest BCUT2D eigenvalue weighted by Gasteiger charge is -2.13. The van der Waals surface area contributed by atoms with E-state index in [2.05, 4.69) is 48.5 Å². The van der Waals surface area contributed by atoms with Crippen molar-refractivity contribution in [1.29, 1.82) is 0 Å². The Kier molecular flexibility index (Phi) is 5.32. The van der Waals surface area contributed by atoms with Crippen LogP contribution in [0, 0.1) is 13.8 Å². The van der Waals surface area contributed by atoms with Gasteiger partial charge in [0.25, 0.3) is 5.91 Å². The van der Waals surface area contributed by atoms with E-state index in [0.717, 1.165) is 40.2 Å². The summed E-state index contributed by atoms with van der Waals surface area (Å²) in [4.78, 5) is 16.9. The zero-order chi connectivity index (χ0) is 18.5. The highest BCUT2D eigenvalue weighted by Gasteiger charge is 2.10. The Morgan fingerprint density at radius 1 is 1.00 bits per heavy atom. The molecule has 0 atom stereocenters. The van der Waals surface area contributed by atoms with E-state index in [1.807, 2.05) is 36.4 Å². The van der Waals surface area contributed by atoms with E-state index in [-0.39, 0.29) is 5.91 Å². The van der Waals surface area contributed by atoms with Crippen molar-refractivity contribution in [2.24, 2.45) is 0 Å². The number of aryl methyl sites for hydroxylation is 3. The molecule has 1 amide bonds. The van der Waals surface area contributed by atoms with Crippen LogP contribution < -0.4 is 10.6 Å².